The van der Waals surface area contributed by atoms with Crippen LogP contribution in [0.4, 0.5) is 13.2 Å². The van der Waals surface area contributed by atoms with Crippen LogP contribution in [0.2, 0.25) is 0 Å². The molecule has 0 saturated heterocycles. The Kier molecular flexibility index (Phi) is 3.40. The van der Waals surface area contributed by atoms with Crippen LogP contribution in [0.1, 0.15) is 5.56 Å². The van der Waals surface area contributed by atoms with E-state index in [1.165, 1.54) is 12.4 Å². The lowest BCUT2D eigenvalue weighted by Gasteiger charge is -2.07. The molecule has 0 bridgehead atoms. The van der Waals surface area contributed by atoms with Crippen molar-refractivity contribution in [3.8, 4) is 5.82 Å². The van der Waals surface area contributed by atoms with E-state index < -0.39 is 21.8 Å². The number of rotatable bonds is 2. The Morgan fingerprint density at radius 1 is 1.39 bits per heavy atom. The van der Waals surface area contributed by atoms with Gasteiger partial charge in [-0.3, -0.25) is 0 Å². The van der Waals surface area contributed by atoms with Crippen LogP contribution in [0.3, 0.4) is 0 Å². The number of alkyl halides is 3. The molecule has 2 aromatic rings. The first-order chi connectivity index (χ1) is 8.38. The topological polar surface area (TPSA) is 47.8 Å². The van der Waals surface area contributed by atoms with Crippen LogP contribution in [-0.4, -0.2) is 19.0 Å². The van der Waals surface area contributed by atoms with Crippen molar-refractivity contribution in [3.05, 3.63) is 36.3 Å². The Morgan fingerprint density at radius 2 is 2.11 bits per heavy atom. The highest BCUT2D eigenvalue weighted by Crippen LogP contribution is 2.29. The molecule has 0 aromatic carbocycles. The van der Waals surface area contributed by atoms with Crippen LogP contribution < -0.4 is 0 Å². The first-order valence-electron chi connectivity index (χ1n) is 4.54. The first-order valence-corrected chi connectivity index (χ1v) is 6.52. The number of hydrogen-bond acceptors (Lipinski definition) is 3. The molecule has 18 heavy (non-hydrogen) atoms. The van der Waals surface area contributed by atoms with Crippen molar-refractivity contribution in [2.24, 2.45) is 0 Å². The minimum atomic E-state index is -4.46. The molecule has 0 spiro atoms. The summed E-state index contributed by atoms with van der Waals surface area (Å²) in [6.45, 7) is 0. The van der Waals surface area contributed by atoms with Crippen LogP contribution >= 0.6 is 10.7 Å². The summed E-state index contributed by atoms with van der Waals surface area (Å²) in [5.74, 6) is -0.0295. The second-order valence-electron chi connectivity index (χ2n) is 3.24. The SMILES string of the molecule is O=S(Cl)c1cnn(-c2cc(C(F)(F)F)ccn2)c1. The highest BCUT2D eigenvalue weighted by molar-refractivity contribution is 8.08. The maximum absolute atomic E-state index is 12.5. The Labute approximate surface area is 106 Å². The molecular weight excluding hydrogens is 291 g/mol. The lowest BCUT2D eigenvalue weighted by atomic mass is 10.2. The number of hydrogen-bond donors (Lipinski definition) is 0. The molecule has 2 heterocycles. The molecule has 1 atom stereocenters. The molecule has 0 saturated carbocycles. The molecule has 9 heteroatoms. The van der Waals surface area contributed by atoms with E-state index in [9.17, 15) is 17.4 Å². The van der Waals surface area contributed by atoms with Gasteiger partial charge >= 0.3 is 6.18 Å². The molecule has 0 amide bonds. The molecule has 2 aromatic heterocycles. The number of nitrogens with zero attached hydrogens (tertiary/aromatic N) is 3. The highest BCUT2D eigenvalue weighted by Gasteiger charge is 2.30. The summed E-state index contributed by atoms with van der Waals surface area (Å²) >= 11 is 0. The van der Waals surface area contributed by atoms with E-state index in [1.54, 1.807) is 0 Å². The number of aromatic nitrogens is 3. The van der Waals surface area contributed by atoms with Crippen LogP contribution in [0.15, 0.2) is 35.6 Å². The monoisotopic (exact) mass is 295 g/mol. The summed E-state index contributed by atoms with van der Waals surface area (Å²) in [5.41, 5.74) is -0.837. The Bertz CT molecular complexity index is 599. The molecule has 96 valence electrons. The van der Waals surface area contributed by atoms with Crippen molar-refractivity contribution in [3.63, 3.8) is 0 Å². The van der Waals surface area contributed by atoms with Crippen LogP contribution in [0.5, 0.6) is 0 Å². The van der Waals surface area contributed by atoms with Gasteiger partial charge in [-0.05, 0) is 22.8 Å². The number of halogens is 4. The van der Waals surface area contributed by atoms with Gasteiger partial charge in [0.2, 0.25) is 0 Å². The van der Waals surface area contributed by atoms with Crippen molar-refractivity contribution in [2.45, 2.75) is 11.1 Å². The van der Waals surface area contributed by atoms with Crippen molar-refractivity contribution in [2.75, 3.05) is 0 Å². The smallest absolute Gasteiger partial charge is 0.237 e. The van der Waals surface area contributed by atoms with E-state index in [0.717, 1.165) is 23.0 Å². The molecule has 0 aliphatic rings. The largest absolute Gasteiger partial charge is 0.416 e. The molecular formula is C9H5ClF3N3OS. The molecule has 0 aliphatic heterocycles. The molecule has 0 radical (unpaired) electrons. The van der Waals surface area contributed by atoms with Crippen molar-refractivity contribution in [1.29, 1.82) is 0 Å². The predicted molar refractivity (Wildman–Crippen MR) is 58.6 cm³/mol. The minimum absolute atomic E-state index is 0.0295. The van der Waals surface area contributed by atoms with Crippen molar-refractivity contribution < 1.29 is 17.4 Å². The van der Waals surface area contributed by atoms with E-state index >= 15 is 0 Å². The molecule has 0 fully saturated rings. The van der Waals surface area contributed by atoms with Gasteiger partial charge in [0.05, 0.1) is 16.7 Å². The third-order valence-electron chi connectivity index (χ3n) is 2.05. The first kappa shape index (κ1) is 13.0. The summed E-state index contributed by atoms with van der Waals surface area (Å²) in [6, 6.07) is 1.70. The second kappa shape index (κ2) is 4.69. The lowest BCUT2D eigenvalue weighted by molar-refractivity contribution is -0.137. The molecule has 2 rings (SSSR count). The van der Waals surface area contributed by atoms with Crippen LogP contribution in [0.25, 0.3) is 5.82 Å². The zero-order chi connectivity index (χ0) is 13.3. The summed E-state index contributed by atoms with van der Waals surface area (Å²) in [5, 5.41) is 3.74. The summed E-state index contributed by atoms with van der Waals surface area (Å²) in [6.07, 6.45) is -0.975. The lowest BCUT2D eigenvalue weighted by Crippen LogP contribution is -2.07. The van der Waals surface area contributed by atoms with E-state index in [-0.39, 0.29) is 10.7 Å². The fourth-order valence-corrected chi connectivity index (χ4v) is 1.79. The van der Waals surface area contributed by atoms with Gasteiger partial charge in [-0.25, -0.2) is 13.9 Å². The molecule has 4 nitrogen and oxygen atoms in total. The summed E-state index contributed by atoms with van der Waals surface area (Å²) in [4.78, 5) is 3.94. The van der Waals surface area contributed by atoms with Gasteiger partial charge in [-0.15, -0.1) is 0 Å². The quantitative estimate of drug-likeness (QED) is 0.800. The fourth-order valence-electron chi connectivity index (χ4n) is 1.23. The van der Waals surface area contributed by atoms with Gasteiger partial charge < -0.3 is 0 Å². The summed E-state index contributed by atoms with van der Waals surface area (Å²) in [7, 11) is 3.56. The van der Waals surface area contributed by atoms with Gasteiger partial charge in [0.25, 0.3) is 0 Å². The van der Waals surface area contributed by atoms with Crippen LogP contribution in [-0.2, 0) is 16.2 Å². The molecule has 0 aliphatic carbocycles. The van der Waals surface area contributed by atoms with Gasteiger partial charge in [-0.2, -0.15) is 18.3 Å². The Morgan fingerprint density at radius 3 is 2.67 bits per heavy atom. The zero-order valence-electron chi connectivity index (χ0n) is 8.56. The maximum Gasteiger partial charge on any atom is 0.416 e. The Hall–Kier alpha value is -1.41. The van der Waals surface area contributed by atoms with E-state index in [1.807, 2.05) is 0 Å². The molecule has 0 N–H and O–H groups in total. The van der Waals surface area contributed by atoms with Crippen molar-refractivity contribution in [1.82, 2.24) is 14.8 Å². The maximum atomic E-state index is 12.5. The van der Waals surface area contributed by atoms with E-state index in [0.29, 0.717) is 0 Å². The van der Waals surface area contributed by atoms with E-state index in [4.69, 9.17) is 10.7 Å². The fraction of sp³-hybridized carbons (Fsp3) is 0.111. The van der Waals surface area contributed by atoms with Gasteiger partial charge in [0, 0.05) is 12.4 Å². The average molecular weight is 296 g/mol. The van der Waals surface area contributed by atoms with E-state index in [2.05, 4.69) is 10.1 Å². The number of pyridine rings is 1. The average Bonchev–Trinajstić information content (AvgIpc) is 2.77. The second-order valence-corrected chi connectivity index (χ2v) is 5.00. The summed E-state index contributed by atoms with van der Waals surface area (Å²) < 4.78 is 49.5. The van der Waals surface area contributed by atoms with Gasteiger partial charge in [0.15, 0.2) is 15.8 Å². The standard InChI is InChI=1S/C9H5ClF3N3OS/c10-18(17)7-4-15-16(5-7)8-3-6(1-2-14-8)9(11,12)13/h1-5H. The highest BCUT2D eigenvalue weighted by atomic mass is 35.7. The Balaban J connectivity index is 2.41. The van der Waals surface area contributed by atoms with Gasteiger partial charge in [0.1, 0.15) is 0 Å². The van der Waals surface area contributed by atoms with Crippen molar-refractivity contribution >= 4 is 20.7 Å². The predicted octanol–water partition coefficient (Wildman–Crippen LogP) is 2.55. The third-order valence-corrected chi connectivity index (χ3v) is 3.17. The normalized spacial score (nSPS) is 13.6. The zero-order valence-corrected chi connectivity index (χ0v) is 10.1. The van der Waals surface area contributed by atoms with Gasteiger partial charge in [-0.1, -0.05) is 0 Å². The minimum Gasteiger partial charge on any atom is -0.237 e. The van der Waals surface area contributed by atoms with Crippen LogP contribution in [0, 0.1) is 0 Å². The third kappa shape index (κ3) is 2.70. The molecule has 1 unspecified atom stereocenters.